The predicted molar refractivity (Wildman–Crippen MR) is 109 cm³/mol. The minimum Gasteiger partial charge on any atom is -0.369 e. The second-order valence-electron chi connectivity index (χ2n) is 6.75. The van der Waals surface area contributed by atoms with Crippen molar-refractivity contribution in [1.29, 1.82) is 0 Å². The van der Waals surface area contributed by atoms with Gasteiger partial charge in [0.2, 0.25) is 5.91 Å². The van der Waals surface area contributed by atoms with Crippen molar-refractivity contribution in [3.8, 4) is 11.1 Å². The number of hydrogen-bond acceptors (Lipinski definition) is 1. The summed E-state index contributed by atoms with van der Waals surface area (Å²) in [5.74, 6) is -0.320. The summed E-state index contributed by atoms with van der Waals surface area (Å²) in [6, 6.07) is 28.1. The average molecular weight is 353 g/mol. The standard InChI is InChI=1S/C24H21N2O/c1-17-22(15-24(25)27)21-13-7-8-14-23(21)26(17)16-19-11-5-6-12-20(19)18-9-3-2-4-10-18/h2-12,14H,15-16H2,1H3,(H2,25,27). The van der Waals surface area contributed by atoms with Crippen molar-refractivity contribution in [3.05, 3.63) is 95.7 Å². The molecule has 2 N–H and O–H groups in total. The summed E-state index contributed by atoms with van der Waals surface area (Å²) in [6.07, 6.45) is 0.232. The molecular formula is C24H21N2O. The quantitative estimate of drug-likeness (QED) is 0.564. The van der Waals surface area contributed by atoms with E-state index in [1.807, 2.05) is 18.2 Å². The summed E-state index contributed by atoms with van der Waals surface area (Å²) in [6.45, 7) is 2.78. The number of carbonyl (C=O) groups is 1. The highest BCUT2D eigenvalue weighted by atomic mass is 16.1. The lowest BCUT2D eigenvalue weighted by Gasteiger charge is -2.14. The number of amides is 1. The highest BCUT2D eigenvalue weighted by Crippen LogP contribution is 2.29. The van der Waals surface area contributed by atoms with Gasteiger partial charge < -0.3 is 10.3 Å². The molecule has 27 heavy (non-hydrogen) atoms. The lowest BCUT2D eigenvalue weighted by molar-refractivity contribution is -0.117. The Labute approximate surface area is 159 Å². The van der Waals surface area contributed by atoms with Crippen molar-refractivity contribution in [2.24, 2.45) is 5.73 Å². The maximum atomic E-state index is 11.6. The van der Waals surface area contributed by atoms with Crippen LogP contribution in [0.1, 0.15) is 16.8 Å². The van der Waals surface area contributed by atoms with Crippen LogP contribution in [0, 0.1) is 13.0 Å². The summed E-state index contributed by atoms with van der Waals surface area (Å²) in [7, 11) is 0. The third kappa shape index (κ3) is 3.24. The Hall–Kier alpha value is -3.33. The number of aromatic nitrogens is 1. The molecule has 0 unspecified atom stereocenters. The number of hydrogen-bond donors (Lipinski definition) is 1. The normalized spacial score (nSPS) is 11.0. The number of nitrogens with two attached hydrogens (primary N) is 1. The van der Waals surface area contributed by atoms with Gasteiger partial charge in [-0.2, -0.15) is 0 Å². The Morgan fingerprint density at radius 3 is 2.52 bits per heavy atom. The van der Waals surface area contributed by atoms with Crippen molar-refractivity contribution in [1.82, 2.24) is 4.57 Å². The molecule has 0 saturated heterocycles. The minimum atomic E-state index is -0.320. The highest BCUT2D eigenvalue weighted by molar-refractivity contribution is 5.90. The zero-order valence-corrected chi connectivity index (χ0v) is 15.3. The van der Waals surface area contributed by atoms with Crippen LogP contribution >= 0.6 is 0 Å². The summed E-state index contributed by atoms with van der Waals surface area (Å²) < 4.78 is 2.26. The van der Waals surface area contributed by atoms with E-state index >= 15 is 0 Å². The van der Waals surface area contributed by atoms with Gasteiger partial charge in [0, 0.05) is 23.1 Å². The Balaban J connectivity index is 1.84. The highest BCUT2D eigenvalue weighted by Gasteiger charge is 2.16. The predicted octanol–water partition coefficient (Wildman–Crippen LogP) is 4.49. The van der Waals surface area contributed by atoms with E-state index in [0.29, 0.717) is 0 Å². The van der Waals surface area contributed by atoms with E-state index in [2.05, 4.69) is 72.2 Å². The summed E-state index contributed by atoms with van der Waals surface area (Å²) in [5.41, 5.74) is 12.2. The Bertz CT molecular complexity index is 1110. The van der Waals surface area contributed by atoms with Gasteiger partial charge in [0.25, 0.3) is 0 Å². The fraction of sp³-hybridized carbons (Fsp3) is 0.125. The van der Waals surface area contributed by atoms with Crippen LogP contribution in [-0.4, -0.2) is 10.5 Å². The lowest BCUT2D eigenvalue weighted by atomic mass is 9.99. The fourth-order valence-corrected chi connectivity index (χ4v) is 3.74. The van der Waals surface area contributed by atoms with Crippen molar-refractivity contribution in [2.45, 2.75) is 19.9 Å². The van der Waals surface area contributed by atoms with Crippen LogP contribution in [0.15, 0.2) is 72.8 Å². The van der Waals surface area contributed by atoms with Gasteiger partial charge in [-0.15, -0.1) is 0 Å². The molecule has 0 saturated carbocycles. The van der Waals surface area contributed by atoms with Crippen LogP contribution in [-0.2, 0) is 17.8 Å². The maximum Gasteiger partial charge on any atom is 0.221 e. The first kappa shape index (κ1) is 17.1. The summed E-state index contributed by atoms with van der Waals surface area (Å²) in [4.78, 5) is 11.6. The lowest BCUT2D eigenvalue weighted by Crippen LogP contribution is -2.14. The first-order valence-corrected chi connectivity index (χ1v) is 9.05. The van der Waals surface area contributed by atoms with Gasteiger partial charge in [-0.1, -0.05) is 66.7 Å². The van der Waals surface area contributed by atoms with Gasteiger partial charge in [0.1, 0.15) is 0 Å². The molecule has 1 amide bonds. The number of fused-ring (bicyclic) bond motifs is 1. The second kappa shape index (κ2) is 7.12. The van der Waals surface area contributed by atoms with Gasteiger partial charge in [0.15, 0.2) is 0 Å². The summed E-state index contributed by atoms with van der Waals surface area (Å²) in [5, 5.41) is 0.978. The van der Waals surface area contributed by atoms with Crippen molar-refractivity contribution in [3.63, 3.8) is 0 Å². The Morgan fingerprint density at radius 1 is 1.00 bits per heavy atom. The Morgan fingerprint density at radius 2 is 1.74 bits per heavy atom. The monoisotopic (exact) mass is 353 g/mol. The van der Waals surface area contributed by atoms with E-state index in [0.717, 1.165) is 28.7 Å². The van der Waals surface area contributed by atoms with Crippen LogP contribution in [0.5, 0.6) is 0 Å². The molecule has 133 valence electrons. The SMILES string of the molecule is Cc1c(CC(N)=O)c2[c]cccc2n1Cc1ccccc1-c1ccccc1. The zero-order valence-electron chi connectivity index (χ0n) is 15.3. The molecular weight excluding hydrogens is 332 g/mol. The molecule has 0 atom stereocenters. The number of carbonyl (C=O) groups excluding carboxylic acids is 1. The third-order valence-corrected chi connectivity index (χ3v) is 5.05. The molecule has 3 aromatic carbocycles. The van der Waals surface area contributed by atoms with E-state index in [1.165, 1.54) is 16.7 Å². The van der Waals surface area contributed by atoms with Crippen LogP contribution < -0.4 is 5.73 Å². The van der Waals surface area contributed by atoms with Crippen LogP contribution in [0.2, 0.25) is 0 Å². The molecule has 1 radical (unpaired) electrons. The molecule has 0 bridgehead atoms. The maximum absolute atomic E-state index is 11.6. The van der Waals surface area contributed by atoms with Crippen LogP contribution in [0.3, 0.4) is 0 Å². The molecule has 0 fully saturated rings. The van der Waals surface area contributed by atoms with Crippen LogP contribution in [0.4, 0.5) is 0 Å². The van der Waals surface area contributed by atoms with Crippen molar-refractivity contribution in [2.75, 3.05) is 0 Å². The zero-order chi connectivity index (χ0) is 18.8. The van der Waals surface area contributed by atoms with Gasteiger partial charge in [-0.3, -0.25) is 4.79 Å². The van der Waals surface area contributed by atoms with Crippen molar-refractivity contribution < 1.29 is 4.79 Å². The molecule has 3 heteroatoms. The first-order chi connectivity index (χ1) is 13.1. The molecule has 0 aliphatic heterocycles. The number of nitrogens with zero attached hydrogens (tertiary/aromatic N) is 1. The van der Waals surface area contributed by atoms with Gasteiger partial charge >= 0.3 is 0 Å². The molecule has 1 aromatic heterocycles. The molecule has 4 rings (SSSR count). The van der Waals surface area contributed by atoms with E-state index in [1.54, 1.807) is 0 Å². The van der Waals surface area contributed by atoms with E-state index in [9.17, 15) is 4.79 Å². The van der Waals surface area contributed by atoms with Gasteiger partial charge in [0.05, 0.1) is 6.42 Å². The molecule has 0 aliphatic carbocycles. The third-order valence-electron chi connectivity index (χ3n) is 5.05. The summed E-state index contributed by atoms with van der Waals surface area (Å²) >= 11 is 0. The molecule has 3 nitrogen and oxygen atoms in total. The van der Waals surface area contributed by atoms with E-state index in [-0.39, 0.29) is 12.3 Å². The largest absolute Gasteiger partial charge is 0.369 e. The minimum absolute atomic E-state index is 0.232. The molecule has 1 heterocycles. The van der Waals surface area contributed by atoms with E-state index in [4.69, 9.17) is 5.73 Å². The average Bonchev–Trinajstić information content (AvgIpc) is 2.95. The second-order valence-corrected chi connectivity index (χ2v) is 6.75. The Kier molecular flexibility index (Phi) is 4.51. The number of rotatable bonds is 5. The number of primary amides is 1. The van der Waals surface area contributed by atoms with Gasteiger partial charge in [-0.25, -0.2) is 0 Å². The molecule has 4 aromatic rings. The fourth-order valence-electron chi connectivity index (χ4n) is 3.74. The first-order valence-electron chi connectivity index (χ1n) is 9.05. The smallest absolute Gasteiger partial charge is 0.221 e. The molecule has 0 spiro atoms. The number of benzene rings is 3. The topological polar surface area (TPSA) is 48.0 Å². The van der Waals surface area contributed by atoms with Crippen molar-refractivity contribution >= 4 is 16.8 Å². The van der Waals surface area contributed by atoms with E-state index < -0.39 is 0 Å². The van der Waals surface area contributed by atoms with Gasteiger partial charge in [-0.05, 0) is 41.3 Å². The van der Waals surface area contributed by atoms with Crippen LogP contribution in [0.25, 0.3) is 22.0 Å². The molecule has 0 aliphatic rings.